The predicted molar refractivity (Wildman–Crippen MR) is 202 cm³/mol. The van der Waals surface area contributed by atoms with E-state index >= 15 is 0 Å². The summed E-state index contributed by atoms with van der Waals surface area (Å²) in [4.78, 5) is 0. The van der Waals surface area contributed by atoms with Gasteiger partial charge in [0.25, 0.3) is 0 Å². The highest BCUT2D eigenvalue weighted by Crippen LogP contribution is 2.43. The summed E-state index contributed by atoms with van der Waals surface area (Å²) in [5.74, 6) is 0. The van der Waals surface area contributed by atoms with E-state index in [0.717, 1.165) is 12.8 Å². The molecule has 0 bridgehead atoms. The molecule has 0 saturated carbocycles. The average molecular weight is 598 g/mol. The third-order valence-electron chi connectivity index (χ3n) is 10.2. The SMILES string of the molecule is C1=CCCC(c2cccc(-c3ccc4ccc5c(-c6ccc(-n7c8ccccc8c8ccccc87)cc6)ccc6ccc3c4c65)c2)=C1. The first kappa shape index (κ1) is 26.3. The lowest BCUT2D eigenvalue weighted by atomic mass is 9.86. The number of para-hydroxylation sites is 2. The molecule has 1 aromatic heterocycles. The summed E-state index contributed by atoms with van der Waals surface area (Å²) in [5, 5.41) is 10.5. The van der Waals surface area contributed by atoms with Gasteiger partial charge in [0.2, 0.25) is 0 Å². The first-order valence-electron chi connectivity index (χ1n) is 16.6. The smallest absolute Gasteiger partial charge is 0.0541 e. The molecule has 0 saturated heterocycles. The molecule has 1 aliphatic rings. The molecule has 10 rings (SSSR count). The van der Waals surface area contributed by atoms with Crippen LogP contribution in [0.1, 0.15) is 18.4 Å². The van der Waals surface area contributed by atoms with E-state index in [2.05, 4.69) is 168 Å². The molecule has 0 N–H and O–H groups in total. The van der Waals surface area contributed by atoms with Crippen LogP contribution in [0.2, 0.25) is 0 Å². The third-order valence-corrected chi connectivity index (χ3v) is 10.2. The molecule has 0 radical (unpaired) electrons. The first-order valence-corrected chi connectivity index (χ1v) is 16.6. The molecule has 0 unspecified atom stereocenters. The Kier molecular flexibility index (Phi) is 5.77. The number of nitrogens with zero attached hydrogens (tertiary/aromatic N) is 1. The van der Waals surface area contributed by atoms with Crippen molar-refractivity contribution in [1.29, 1.82) is 0 Å². The van der Waals surface area contributed by atoms with E-state index in [1.54, 1.807) is 0 Å². The van der Waals surface area contributed by atoms with E-state index in [1.165, 1.54) is 93.2 Å². The largest absolute Gasteiger partial charge is 0.309 e. The van der Waals surface area contributed by atoms with Crippen LogP contribution in [-0.2, 0) is 0 Å². The van der Waals surface area contributed by atoms with Crippen molar-refractivity contribution in [3.63, 3.8) is 0 Å². The molecule has 0 aliphatic heterocycles. The van der Waals surface area contributed by atoms with Gasteiger partial charge in [0, 0.05) is 16.5 Å². The summed E-state index contributed by atoms with van der Waals surface area (Å²) in [6.07, 6.45) is 8.92. The van der Waals surface area contributed by atoms with Crippen molar-refractivity contribution in [2.45, 2.75) is 12.8 Å². The van der Waals surface area contributed by atoms with Crippen LogP contribution in [0.15, 0.2) is 164 Å². The summed E-state index contributed by atoms with van der Waals surface area (Å²) in [7, 11) is 0. The van der Waals surface area contributed by atoms with Gasteiger partial charge in [-0.25, -0.2) is 0 Å². The Morgan fingerprint density at radius 3 is 1.68 bits per heavy atom. The van der Waals surface area contributed by atoms with E-state index in [0.29, 0.717) is 0 Å². The van der Waals surface area contributed by atoms with Crippen LogP contribution in [0.4, 0.5) is 0 Å². The molecule has 1 heteroatoms. The fourth-order valence-electron chi connectivity index (χ4n) is 8.02. The van der Waals surface area contributed by atoms with E-state index in [4.69, 9.17) is 0 Å². The minimum absolute atomic E-state index is 1.10. The molecule has 1 aliphatic carbocycles. The quantitative estimate of drug-likeness (QED) is 0.178. The standard InChI is InChI=1S/C46H31N/c1-2-9-30(10-3-1)34-11-8-12-35(29-34)38-26-20-33-21-27-41-37(25-19-32-22-28-42(38)46(33)45(32)41)31-17-23-36(24-18-31)47-43-15-6-4-13-39(43)40-14-5-7-16-44(40)47/h1-2,4-9,11-29H,3,10H2. The molecule has 0 atom stereocenters. The highest BCUT2D eigenvalue weighted by molar-refractivity contribution is 6.27. The molecular weight excluding hydrogens is 567 g/mol. The van der Waals surface area contributed by atoms with Gasteiger partial charge in [-0.3, -0.25) is 0 Å². The summed E-state index contributed by atoms with van der Waals surface area (Å²) in [6, 6.07) is 54.1. The molecule has 1 nitrogen and oxygen atoms in total. The summed E-state index contributed by atoms with van der Waals surface area (Å²) in [6.45, 7) is 0. The van der Waals surface area contributed by atoms with Crippen molar-refractivity contribution in [2.75, 3.05) is 0 Å². The van der Waals surface area contributed by atoms with E-state index in [1.807, 2.05) is 0 Å². The van der Waals surface area contributed by atoms with Crippen molar-refractivity contribution >= 4 is 59.7 Å². The highest BCUT2D eigenvalue weighted by atomic mass is 15.0. The van der Waals surface area contributed by atoms with Crippen molar-refractivity contribution in [2.24, 2.45) is 0 Å². The zero-order chi connectivity index (χ0) is 30.9. The van der Waals surface area contributed by atoms with Crippen LogP contribution in [0.25, 0.3) is 87.6 Å². The predicted octanol–water partition coefficient (Wildman–Crippen LogP) is 12.7. The number of hydrogen-bond acceptors (Lipinski definition) is 0. The molecule has 47 heavy (non-hydrogen) atoms. The Bertz CT molecular complexity index is 2660. The van der Waals surface area contributed by atoms with Crippen LogP contribution >= 0.6 is 0 Å². The van der Waals surface area contributed by atoms with Gasteiger partial charge >= 0.3 is 0 Å². The van der Waals surface area contributed by atoms with Crippen LogP contribution in [-0.4, -0.2) is 4.57 Å². The Balaban J connectivity index is 1.12. The summed E-state index contributed by atoms with van der Waals surface area (Å²) in [5.41, 5.74) is 11.5. The first-order chi connectivity index (χ1) is 23.3. The number of fused-ring (bicyclic) bond motifs is 3. The van der Waals surface area contributed by atoms with Gasteiger partial charge in [0.05, 0.1) is 11.0 Å². The van der Waals surface area contributed by atoms with Crippen LogP contribution in [0.3, 0.4) is 0 Å². The average Bonchev–Trinajstić information content (AvgIpc) is 3.48. The van der Waals surface area contributed by atoms with Gasteiger partial charge in [0.15, 0.2) is 0 Å². The van der Waals surface area contributed by atoms with Crippen molar-refractivity contribution < 1.29 is 0 Å². The van der Waals surface area contributed by atoms with Gasteiger partial charge in [-0.2, -0.15) is 0 Å². The van der Waals surface area contributed by atoms with Gasteiger partial charge < -0.3 is 4.57 Å². The van der Waals surface area contributed by atoms with Crippen LogP contribution < -0.4 is 0 Å². The molecule has 0 amide bonds. The Morgan fingerprint density at radius 1 is 0.447 bits per heavy atom. The molecular formula is C46H31N. The monoisotopic (exact) mass is 597 g/mol. The number of benzene rings is 8. The second-order valence-electron chi connectivity index (χ2n) is 12.8. The Morgan fingerprint density at radius 2 is 1.04 bits per heavy atom. The number of hydrogen-bond donors (Lipinski definition) is 0. The Hall–Kier alpha value is -5.92. The fraction of sp³-hybridized carbons (Fsp3) is 0.0435. The van der Waals surface area contributed by atoms with Crippen molar-refractivity contribution in [3.8, 4) is 27.9 Å². The molecule has 0 spiro atoms. The van der Waals surface area contributed by atoms with Crippen LogP contribution in [0, 0.1) is 0 Å². The second kappa shape index (κ2) is 10.3. The molecule has 8 aromatic carbocycles. The maximum absolute atomic E-state index is 2.39. The van der Waals surface area contributed by atoms with Crippen molar-refractivity contribution in [1.82, 2.24) is 4.57 Å². The van der Waals surface area contributed by atoms with Gasteiger partial charge in [-0.15, -0.1) is 0 Å². The molecule has 0 fully saturated rings. The van der Waals surface area contributed by atoms with Crippen molar-refractivity contribution in [3.05, 3.63) is 169 Å². The number of aromatic nitrogens is 1. The zero-order valence-electron chi connectivity index (χ0n) is 25.9. The van der Waals surface area contributed by atoms with E-state index in [-0.39, 0.29) is 0 Å². The topological polar surface area (TPSA) is 4.93 Å². The minimum Gasteiger partial charge on any atom is -0.309 e. The summed E-state index contributed by atoms with van der Waals surface area (Å²) < 4.78 is 2.39. The highest BCUT2D eigenvalue weighted by Gasteiger charge is 2.16. The lowest BCUT2D eigenvalue weighted by Gasteiger charge is -2.17. The lowest BCUT2D eigenvalue weighted by Crippen LogP contribution is -1.94. The van der Waals surface area contributed by atoms with Gasteiger partial charge in [-0.05, 0) is 109 Å². The van der Waals surface area contributed by atoms with Crippen LogP contribution in [0.5, 0.6) is 0 Å². The number of rotatable bonds is 4. The van der Waals surface area contributed by atoms with Gasteiger partial charge in [0.1, 0.15) is 0 Å². The minimum atomic E-state index is 1.10. The maximum atomic E-state index is 2.39. The van der Waals surface area contributed by atoms with Gasteiger partial charge in [-0.1, -0.05) is 133 Å². The van der Waals surface area contributed by atoms with E-state index in [9.17, 15) is 0 Å². The maximum Gasteiger partial charge on any atom is 0.0541 e. The second-order valence-corrected chi connectivity index (χ2v) is 12.8. The third kappa shape index (κ3) is 4.03. The fourth-order valence-corrected chi connectivity index (χ4v) is 8.02. The Labute approximate surface area is 273 Å². The normalized spacial score (nSPS) is 13.4. The molecule has 220 valence electrons. The summed E-state index contributed by atoms with van der Waals surface area (Å²) >= 11 is 0. The molecule has 9 aromatic rings. The van der Waals surface area contributed by atoms with E-state index < -0.39 is 0 Å². The molecule has 1 heterocycles. The lowest BCUT2D eigenvalue weighted by molar-refractivity contribution is 1.05. The zero-order valence-corrected chi connectivity index (χ0v) is 25.9. The number of allylic oxidation sites excluding steroid dienone is 4.